The van der Waals surface area contributed by atoms with Gasteiger partial charge in [-0.1, -0.05) is 25.1 Å². The van der Waals surface area contributed by atoms with Gasteiger partial charge in [-0.05, 0) is 18.6 Å². The number of para-hydroxylation sites is 1. The van der Waals surface area contributed by atoms with Crippen LogP contribution in [0.4, 0.5) is 10.5 Å². The van der Waals surface area contributed by atoms with Gasteiger partial charge in [0.05, 0.1) is 11.2 Å². The first kappa shape index (κ1) is 14.8. The molecule has 0 aliphatic heterocycles. The zero-order valence-electron chi connectivity index (χ0n) is 11.7. The molecule has 21 heavy (non-hydrogen) atoms. The van der Waals surface area contributed by atoms with Crippen LogP contribution in [0.1, 0.15) is 13.3 Å². The number of hydrogen-bond donors (Lipinski definition) is 2. The molecule has 0 atom stereocenters. The highest BCUT2D eigenvalue weighted by atomic mass is 16.4. The molecular weight excluding hydrogens is 270 g/mol. The second kappa shape index (κ2) is 6.69. The third kappa shape index (κ3) is 3.68. The molecule has 2 N–H and O–H groups in total. The van der Waals surface area contributed by atoms with E-state index in [2.05, 4.69) is 10.3 Å². The molecule has 0 aliphatic rings. The number of aromatic nitrogens is 1. The molecule has 0 saturated heterocycles. The van der Waals surface area contributed by atoms with Crippen molar-refractivity contribution in [2.45, 2.75) is 13.3 Å². The van der Waals surface area contributed by atoms with E-state index in [9.17, 15) is 9.59 Å². The largest absolute Gasteiger partial charge is 0.480 e. The van der Waals surface area contributed by atoms with Crippen molar-refractivity contribution >= 4 is 28.6 Å². The van der Waals surface area contributed by atoms with Crippen LogP contribution < -0.4 is 5.32 Å². The number of benzene rings is 1. The zero-order chi connectivity index (χ0) is 15.2. The first-order valence-electron chi connectivity index (χ1n) is 6.73. The maximum atomic E-state index is 12.2. The van der Waals surface area contributed by atoms with E-state index in [4.69, 9.17) is 5.11 Å². The quantitative estimate of drug-likeness (QED) is 0.885. The van der Waals surface area contributed by atoms with E-state index in [1.807, 2.05) is 31.2 Å². The topological polar surface area (TPSA) is 82.5 Å². The summed E-state index contributed by atoms with van der Waals surface area (Å²) >= 11 is 0. The Hall–Kier alpha value is -2.63. The van der Waals surface area contributed by atoms with Gasteiger partial charge in [-0.25, -0.2) is 4.79 Å². The van der Waals surface area contributed by atoms with Crippen molar-refractivity contribution in [1.29, 1.82) is 0 Å². The molecule has 1 aromatic carbocycles. The summed E-state index contributed by atoms with van der Waals surface area (Å²) < 4.78 is 0. The summed E-state index contributed by atoms with van der Waals surface area (Å²) in [7, 11) is 0. The second-order valence-corrected chi connectivity index (χ2v) is 4.63. The lowest BCUT2D eigenvalue weighted by Crippen LogP contribution is -2.39. The van der Waals surface area contributed by atoms with Crippen molar-refractivity contribution in [3.05, 3.63) is 36.5 Å². The number of nitrogens with zero attached hydrogens (tertiary/aromatic N) is 2. The Morgan fingerprint density at radius 3 is 2.76 bits per heavy atom. The Balaban J connectivity index is 2.21. The predicted octanol–water partition coefficient (Wildman–Crippen LogP) is 2.56. The van der Waals surface area contributed by atoms with E-state index in [0.717, 1.165) is 5.39 Å². The SMILES string of the molecule is CCCN(CC(=O)O)C(=O)Nc1cccc2cccnc12. The first-order chi connectivity index (χ1) is 10.1. The number of hydrogen-bond acceptors (Lipinski definition) is 3. The minimum Gasteiger partial charge on any atom is -0.480 e. The number of carboxylic acids is 1. The third-order valence-electron chi connectivity index (χ3n) is 2.98. The van der Waals surface area contributed by atoms with Gasteiger partial charge in [0.1, 0.15) is 6.54 Å². The van der Waals surface area contributed by atoms with E-state index < -0.39 is 12.0 Å². The predicted molar refractivity (Wildman–Crippen MR) is 80.3 cm³/mol. The Kier molecular flexibility index (Phi) is 4.71. The van der Waals surface area contributed by atoms with Gasteiger partial charge in [0.2, 0.25) is 0 Å². The van der Waals surface area contributed by atoms with Gasteiger partial charge in [0, 0.05) is 18.1 Å². The summed E-state index contributed by atoms with van der Waals surface area (Å²) in [5.74, 6) is -1.03. The molecule has 2 rings (SSSR count). The zero-order valence-corrected chi connectivity index (χ0v) is 11.7. The molecule has 6 heteroatoms. The second-order valence-electron chi connectivity index (χ2n) is 4.63. The third-order valence-corrected chi connectivity index (χ3v) is 2.98. The highest BCUT2D eigenvalue weighted by molar-refractivity contribution is 6.00. The molecule has 0 spiro atoms. The number of fused-ring (bicyclic) bond motifs is 1. The number of carbonyl (C=O) groups is 2. The lowest BCUT2D eigenvalue weighted by Gasteiger charge is -2.20. The van der Waals surface area contributed by atoms with Crippen LogP contribution in [0, 0.1) is 0 Å². The molecule has 1 aromatic heterocycles. The van der Waals surface area contributed by atoms with Gasteiger partial charge in [-0.2, -0.15) is 0 Å². The van der Waals surface area contributed by atoms with Crippen molar-refractivity contribution in [2.75, 3.05) is 18.4 Å². The molecule has 0 unspecified atom stereocenters. The summed E-state index contributed by atoms with van der Waals surface area (Å²) in [5.41, 5.74) is 1.25. The van der Waals surface area contributed by atoms with Crippen LogP contribution in [0.3, 0.4) is 0 Å². The van der Waals surface area contributed by atoms with Gasteiger partial charge in [-0.3, -0.25) is 9.78 Å². The number of amides is 2. The molecule has 0 bridgehead atoms. The summed E-state index contributed by atoms with van der Waals surface area (Å²) in [6.07, 6.45) is 2.34. The maximum Gasteiger partial charge on any atom is 0.323 e. The summed E-state index contributed by atoms with van der Waals surface area (Å²) in [6.45, 7) is 1.95. The normalized spacial score (nSPS) is 10.3. The van der Waals surface area contributed by atoms with Crippen molar-refractivity contribution < 1.29 is 14.7 Å². The molecule has 2 aromatic rings. The number of pyridine rings is 1. The standard InChI is InChI=1S/C15H17N3O3/c1-2-9-18(10-13(19)20)15(21)17-12-7-3-5-11-6-4-8-16-14(11)12/h3-8H,2,9-10H2,1H3,(H,17,21)(H,19,20). The van der Waals surface area contributed by atoms with Crippen molar-refractivity contribution in [2.24, 2.45) is 0 Å². The molecule has 0 aliphatic carbocycles. The summed E-state index contributed by atoms with van der Waals surface area (Å²) in [6, 6.07) is 8.76. The number of nitrogens with one attached hydrogen (secondary N) is 1. The number of urea groups is 1. The van der Waals surface area contributed by atoms with E-state index in [1.165, 1.54) is 4.90 Å². The average Bonchev–Trinajstić information content (AvgIpc) is 2.47. The minimum absolute atomic E-state index is 0.322. The van der Waals surface area contributed by atoms with E-state index in [1.54, 1.807) is 12.3 Å². The van der Waals surface area contributed by atoms with Crippen LogP contribution in [0.15, 0.2) is 36.5 Å². The molecule has 2 amide bonds. The van der Waals surface area contributed by atoms with Crippen molar-refractivity contribution in [3.8, 4) is 0 Å². The highest BCUT2D eigenvalue weighted by Crippen LogP contribution is 2.20. The number of carboxylic acid groups (broad SMARTS) is 1. The average molecular weight is 287 g/mol. The Bertz CT molecular complexity index is 652. The minimum atomic E-state index is -1.03. The number of aliphatic carboxylic acids is 1. The van der Waals surface area contributed by atoms with Gasteiger partial charge in [-0.15, -0.1) is 0 Å². The first-order valence-corrected chi connectivity index (χ1v) is 6.73. The van der Waals surface area contributed by atoms with Crippen LogP contribution >= 0.6 is 0 Å². The van der Waals surface area contributed by atoms with Crippen LogP contribution in [-0.4, -0.2) is 40.1 Å². The van der Waals surface area contributed by atoms with Crippen LogP contribution in [0.5, 0.6) is 0 Å². The highest BCUT2D eigenvalue weighted by Gasteiger charge is 2.16. The molecular formula is C15H17N3O3. The Labute approximate surface area is 122 Å². The fourth-order valence-corrected chi connectivity index (χ4v) is 2.08. The van der Waals surface area contributed by atoms with Crippen LogP contribution in [-0.2, 0) is 4.79 Å². The Morgan fingerprint density at radius 1 is 1.29 bits per heavy atom. The smallest absolute Gasteiger partial charge is 0.323 e. The molecule has 6 nitrogen and oxygen atoms in total. The molecule has 110 valence electrons. The molecule has 0 saturated carbocycles. The molecule has 1 heterocycles. The number of carbonyl (C=O) groups excluding carboxylic acids is 1. The fourth-order valence-electron chi connectivity index (χ4n) is 2.08. The summed E-state index contributed by atoms with van der Waals surface area (Å²) in [4.78, 5) is 28.5. The van der Waals surface area contributed by atoms with E-state index >= 15 is 0 Å². The fraction of sp³-hybridized carbons (Fsp3) is 0.267. The van der Waals surface area contributed by atoms with E-state index in [0.29, 0.717) is 24.2 Å². The van der Waals surface area contributed by atoms with Crippen molar-refractivity contribution in [1.82, 2.24) is 9.88 Å². The van der Waals surface area contributed by atoms with Crippen molar-refractivity contribution in [3.63, 3.8) is 0 Å². The van der Waals surface area contributed by atoms with Gasteiger partial charge in [0.25, 0.3) is 0 Å². The lowest BCUT2D eigenvalue weighted by atomic mass is 10.2. The summed E-state index contributed by atoms with van der Waals surface area (Å²) in [5, 5.41) is 12.5. The number of rotatable bonds is 5. The van der Waals surface area contributed by atoms with Gasteiger partial charge in [0.15, 0.2) is 0 Å². The lowest BCUT2D eigenvalue weighted by molar-refractivity contribution is -0.137. The van der Waals surface area contributed by atoms with E-state index in [-0.39, 0.29) is 6.54 Å². The van der Waals surface area contributed by atoms with Crippen LogP contribution in [0.2, 0.25) is 0 Å². The maximum absolute atomic E-state index is 12.2. The Morgan fingerprint density at radius 2 is 2.05 bits per heavy atom. The van der Waals surface area contributed by atoms with Gasteiger partial charge < -0.3 is 15.3 Å². The monoisotopic (exact) mass is 287 g/mol. The molecule has 0 radical (unpaired) electrons. The van der Waals surface area contributed by atoms with Crippen LogP contribution in [0.25, 0.3) is 10.9 Å². The number of anilines is 1. The molecule has 0 fully saturated rings. The van der Waals surface area contributed by atoms with Gasteiger partial charge >= 0.3 is 12.0 Å².